The van der Waals surface area contributed by atoms with Gasteiger partial charge in [0.15, 0.2) is 0 Å². The highest BCUT2D eigenvalue weighted by Crippen LogP contribution is 2.35. The lowest BCUT2D eigenvalue weighted by molar-refractivity contribution is -0.153. The highest BCUT2D eigenvalue weighted by Gasteiger charge is 2.35. The van der Waals surface area contributed by atoms with E-state index in [9.17, 15) is 19.2 Å². The zero-order valence-electron chi connectivity index (χ0n) is 14.9. The van der Waals surface area contributed by atoms with Crippen molar-refractivity contribution in [1.29, 1.82) is 0 Å². The predicted molar refractivity (Wildman–Crippen MR) is 108 cm³/mol. The highest BCUT2D eigenvalue weighted by molar-refractivity contribution is 8.01. The molecule has 0 aliphatic carbocycles. The highest BCUT2D eigenvalue weighted by atomic mass is 32.2. The third-order valence-corrected chi connectivity index (χ3v) is 7.49. The average Bonchev–Trinajstić information content (AvgIpc) is 3.18. The molecule has 2 saturated heterocycles. The maximum Gasteiger partial charge on any atom is 0.327 e. The Morgan fingerprint density at radius 2 is 0.931 bits per heavy atom. The molecule has 2 unspecified atom stereocenters. The topological polar surface area (TPSA) is 86.7 Å². The molecule has 4 rings (SSSR count). The molecule has 148 valence electrons. The molecule has 0 spiro atoms. The van der Waals surface area contributed by atoms with Gasteiger partial charge in [0.25, 0.3) is 0 Å². The van der Waals surface area contributed by atoms with Gasteiger partial charge in [0.1, 0.15) is 10.5 Å². The Labute approximate surface area is 179 Å². The molecular formula is C20H14O6S3. The Kier molecular flexibility index (Phi) is 5.98. The van der Waals surface area contributed by atoms with Crippen LogP contribution in [0.5, 0.6) is 0 Å². The lowest BCUT2D eigenvalue weighted by atomic mass is 10.3. The van der Waals surface area contributed by atoms with Gasteiger partial charge in [-0.25, -0.2) is 0 Å². The molecule has 0 radical (unpaired) electrons. The standard InChI is InChI=1S/C20H14O6S3/c21-17-9-15(19(23)25-17)28-13-5-1-11(2-6-13)27-12-3-7-14(8-4-12)29-16-10-18(22)26-20(16)24/h1-8,15-16H,9-10H2. The van der Waals surface area contributed by atoms with Gasteiger partial charge in [-0.05, 0) is 48.5 Å². The molecule has 2 aromatic rings. The van der Waals surface area contributed by atoms with Crippen LogP contribution < -0.4 is 0 Å². The van der Waals surface area contributed by atoms with Crippen molar-refractivity contribution in [2.45, 2.75) is 42.9 Å². The molecule has 6 nitrogen and oxygen atoms in total. The molecule has 0 bridgehead atoms. The van der Waals surface area contributed by atoms with Crippen LogP contribution in [0.1, 0.15) is 12.8 Å². The van der Waals surface area contributed by atoms with E-state index in [1.165, 1.54) is 23.5 Å². The zero-order valence-corrected chi connectivity index (χ0v) is 17.3. The van der Waals surface area contributed by atoms with Gasteiger partial charge in [-0.1, -0.05) is 11.8 Å². The van der Waals surface area contributed by atoms with Crippen molar-refractivity contribution < 1.29 is 28.7 Å². The minimum atomic E-state index is -0.480. The van der Waals surface area contributed by atoms with Crippen LogP contribution in [-0.4, -0.2) is 34.4 Å². The van der Waals surface area contributed by atoms with E-state index in [-0.39, 0.29) is 12.8 Å². The smallest absolute Gasteiger partial charge is 0.327 e. The van der Waals surface area contributed by atoms with Crippen LogP contribution in [0.2, 0.25) is 0 Å². The summed E-state index contributed by atoms with van der Waals surface area (Å²) < 4.78 is 9.13. The minimum absolute atomic E-state index is 0.108. The number of ether oxygens (including phenoxy) is 2. The van der Waals surface area contributed by atoms with E-state index in [4.69, 9.17) is 0 Å². The number of esters is 4. The van der Waals surface area contributed by atoms with E-state index < -0.39 is 34.4 Å². The summed E-state index contributed by atoms with van der Waals surface area (Å²) in [5, 5.41) is -0.947. The molecule has 9 heteroatoms. The molecule has 0 aromatic heterocycles. The van der Waals surface area contributed by atoms with Crippen LogP contribution in [-0.2, 0) is 28.7 Å². The number of carbonyl (C=O) groups is 4. The summed E-state index contributed by atoms with van der Waals surface area (Å²) in [6.07, 6.45) is 0.216. The number of rotatable bonds is 6. The van der Waals surface area contributed by atoms with Crippen molar-refractivity contribution in [3.63, 3.8) is 0 Å². The van der Waals surface area contributed by atoms with Gasteiger partial charge in [0.05, 0.1) is 12.8 Å². The quantitative estimate of drug-likeness (QED) is 0.487. The first kappa shape index (κ1) is 20.1. The second-order valence-electron chi connectivity index (χ2n) is 6.25. The van der Waals surface area contributed by atoms with Gasteiger partial charge >= 0.3 is 23.9 Å². The SMILES string of the molecule is O=C1CC(Sc2ccc(Sc3ccc(SC4CC(=O)OC4=O)cc3)cc2)C(=O)O1. The van der Waals surface area contributed by atoms with Crippen LogP contribution >= 0.6 is 35.3 Å². The number of thioether (sulfide) groups is 2. The molecular weight excluding hydrogens is 432 g/mol. The van der Waals surface area contributed by atoms with Gasteiger partial charge in [-0.2, -0.15) is 0 Å². The van der Waals surface area contributed by atoms with Crippen LogP contribution in [0.4, 0.5) is 0 Å². The number of hydrogen-bond donors (Lipinski definition) is 0. The Hall–Kier alpha value is -2.23. The zero-order chi connectivity index (χ0) is 20.4. The summed E-state index contributed by atoms with van der Waals surface area (Å²) in [6, 6.07) is 15.5. The summed E-state index contributed by atoms with van der Waals surface area (Å²) in [7, 11) is 0. The average molecular weight is 447 g/mol. The lowest BCUT2D eigenvalue weighted by Crippen LogP contribution is -2.08. The largest absolute Gasteiger partial charge is 0.392 e. The fourth-order valence-corrected chi connectivity index (χ4v) is 5.51. The molecule has 29 heavy (non-hydrogen) atoms. The maximum absolute atomic E-state index is 11.6. The van der Waals surface area contributed by atoms with Crippen LogP contribution in [0.3, 0.4) is 0 Å². The van der Waals surface area contributed by atoms with Gasteiger partial charge in [-0.15, -0.1) is 23.5 Å². The van der Waals surface area contributed by atoms with Crippen molar-refractivity contribution in [1.82, 2.24) is 0 Å². The maximum atomic E-state index is 11.6. The third kappa shape index (κ3) is 5.04. The molecule has 2 aromatic carbocycles. The first-order valence-electron chi connectivity index (χ1n) is 8.66. The van der Waals surface area contributed by atoms with Gasteiger partial charge in [0.2, 0.25) is 0 Å². The second-order valence-corrected chi connectivity index (χ2v) is 9.95. The molecule has 2 aliphatic rings. The summed E-state index contributed by atoms with van der Waals surface area (Å²) in [5.74, 6) is -1.91. The van der Waals surface area contributed by atoms with E-state index in [1.54, 1.807) is 11.8 Å². The van der Waals surface area contributed by atoms with E-state index >= 15 is 0 Å². The first-order chi connectivity index (χ1) is 14.0. The van der Waals surface area contributed by atoms with Crippen molar-refractivity contribution in [2.24, 2.45) is 0 Å². The number of hydrogen-bond acceptors (Lipinski definition) is 9. The Morgan fingerprint density at radius 3 is 1.24 bits per heavy atom. The third-order valence-electron chi connectivity index (χ3n) is 4.10. The van der Waals surface area contributed by atoms with E-state index in [2.05, 4.69) is 9.47 Å². The Morgan fingerprint density at radius 1 is 0.586 bits per heavy atom. The van der Waals surface area contributed by atoms with Crippen molar-refractivity contribution in [3.05, 3.63) is 48.5 Å². The molecule has 0 N–H and O–H groups in total. The Bertz CT molecular complexity index is 891. The first-order valence-corrected chi connectivity index (χ1v) is 11.2. The Balaban J connectivity index is 1.33. The van der Waals surface area contributed by atoms with E-state index in [0.717, 1.165) is 19.6 Å². The van der Waals surface area contributed by atoms with Crippen molar-refractivity contribution in [2.75, 3.05) is 0 Å². The number of cyclic esters (lactones) is 4. The van der Waals surface area contributed by atoms with Crippen LogP contribution in [0.25, 0.3) is 0 Å². The lowest BCUT2D eigenvalue weighted by Gasteiger charge is -2.08. The fraction of sp³-hybridized carbons (Fsp3) is 0.200. The summed E-state index contributed by atoms with van der Waals surface area (Å²) >= 11 is 4.23. The summed E-state index contributed by atoms with van der Waals surface area (Å²) in [4.78, 5) is 49.3. The van der Waals surface area contributed by atoms with Gasteiger partial charge < -0.3 is 9.47 Å². The molecule has 0 amide bonds. The van der Waals surface area contributed by atoms with Crippen molar-refractivity contribution >= 4 is 59.2 Å². The predicted octanol–water partition coefficient (Wildman–Crippen LogP) is 3.71. The normalized spacial score (nSPS) is 21.4. The molecule has 2 aliphatic heterocycles. The summed E-state index contributed by atoms with van der Waals surface area (Å²) in [5.41, 5.74) is 0. The van der Waals surface area contributed by atoms with Crippen LogP contribution in [0, 0.1) is 0 Å². The number of benzene rings is 2. The summed E-state index contributed by atoms with van der Waals surface area (Å²) in [6.45, 7) is 0. The second kappa shape index (κ2) is 8.64. The van der Waals surface area contributed by atoms with Gasteiger partial charge in [-0.3, -0.25) is 19.2 Å². The van der Waals surface area contributed by atoms with Gasteiger partial charge in [0, 0.05) is 19.6 Å². The van der Waals surface area contributed by atoms with E-state index in [0.29, 0.717) is 0 Å². The fourth-order valence-electron chi connectivity index (χ4n) is 2.73. The molecule has 2 atom stereocenters. The monoisotopic (exact) mass is 446 g/mol. The molecule has 2 heterocycles. The van der Waals surface area contributed by atoms with Crippen LogP contribution in [0.15, 0.2) is 68.1 Å². The van der Waals surface area contributed by atoms with Crippen molar-refractivity contribution in [3.8, 4) is 0 Å². The van der Waals surface area contributed by atoms with E-state index in [1.807, 2.05) is 48.5 Å². The number of carbonyl (C=O) groups excluding carboxylic acids is 4. The minimum Gasteiger partial charge on any atom is -0.392 e. The molecule has 2 fully saturated rings. The molecule has 0 saturated carbocycles.